The first-order chi connectivity index (χ1) is 15.3. The molecule has 1 aliphatic rings. The number of nitrogens with zero attached hydrogens (tertiary/aromatic N) is 1. The second-order valence-electron chi connectivity index (χ2n) is 7.18. The van der Waals surface area contributed by atoms with E-state index in [0.717, 1.165) is 5.56 Å². The summed E-state index contributed by atoms with van der Waals surface area (Å²) in [4.78, 5) is 12.5. The van der Waals surface area contributed by atoms with Crippen molar-refractivity contribution in [2.24, 2.45) is 0 Å². The highest BCUT2D eigenvalue weighted by atomic mass is 32.2. The van der Waals surface area contributed by atoms with Crippen LogP contribution in [-0.2, 0) is 19.6 Å². The summed E-state index contributed by atoms with van der Waals surface area (Å²) in [6.45, 7) is 3.09. The Bertz CT molecular complexity index is 1020. The second kappa shape index (κ2) is 10.7. The SMILES string of the molecule is COc1ccc([C@@H](C)NC(=O)COc2ccc(S(=O)(=O)N3CCOCC3)cc2)cc1OC. The van der Waals surface area contributed by atoms with Crippen LogP contribution in [0.3, 0.4) is 0 Å². The molecule has 3 rings (SSSR count). The Morgan fingerprint density at radius 3 is 2.34 bits per heavy atom. The number of carbonyl (C=O) groups excluding carboxylic acids is 1. The van der Waals surface area contributed by atoms with Gasteiger partial charge in [0, 0.05) is 13.1 Å². The summed E-state index contributed by atoms with van der Waals surface area (Å²) in [7, 11) is -0.456. The fourth-order valence-electron chi connectivity index (χ4n) is 3.28. The smallest absolute Gasteiger partial charge is 0.258 e. The normalized spacial score (nSPS) is 15.6. The number of sulfonamides is 1. The molecule has 2 aromatic carbocycles. The molecule has 1 fully saturated rings. The molecule has 32 heavy (non-hydrogen) atoms. The molecule has 1 atom stereocenters. The lowest BCUT2D eigenvalue weighted by Gasteiger charge is -2.26. The maximum Gasteiger partial charge on any atom is 0.258 e. The van der Waals surface area contributed by atoms with E-state index >= 15 is 0 Å². The molecular weight excluding hydrogens is 436 g/mol. The first-order valence-electron chi connectivity index (χ1n) is 10.2. The summed E-state index contributed by atoms with van der Waals surface area (Å²) in [6.07, 6.45) is 0. The summed E-state index contributed by atoms with van der Waals surface area (Å²) in [5, 5.41) is 2.86. The summed E-state index contributed by atoms with van der Waals surface area (Å²) in [5.74, 6) is 1.28. The third-order valence-electron chi connectivity index (χ3n) is 5.09. The van der Waals surface area contributed by atoms with E-state index in [1.807, 2.05) is 13.0 Å². The lowest BCUT2D eigenvalue weighted by Crippen LogP contribution is -2.40. The van der Waals surface area contributed by atoms with Crippen LogP contribution in [-0.4, -0.2) is 65.8 Å². The third-order valence-corrected chi connectivity index (χ3v) is 7.00. The van der Waals surface area contributed by atoms with Gasteiger partial charge >= 0.3 is 0 Å². The Balaban J connectivity index is 1.54. The van der Waals surface area contributed by atoms with E-state index in [2.05, 4.69) is 5.32 Å². The molecule has 0 saturated carbocycles. The fourth-order valence-corrected chi connectivity index (χ4v) is 4.69. The van der Waals surface area contributed by atoms with E-state index < -0.39 is 10.0 Å². The van der Waals surface area contributed by atoms with Crippen LogP contribution in [0.5, 0.6) is 17.2 Å². The zero-order valence-corrected chi connectivity index (χ0v) is 19.2. The van der Waals surface area contributed by atoms with Gasteiger partial charge in [-0.25, -0.2) is 8.42 Å². The number of rotatable bonds is 9. The number of hydrogen-bond acceptors (Lipinski definition) is 7. The molecule has 0 aliphatic carbocycles. The average molecular weight is 465 g/mol. The highest BCUT2D eigenvalue weighted by Gasteiger charge is 2.26. The van der Waals surface area contributed by atoms with Gasteiger partial charge in [0.05, 0.1) is 38.4 Å². The molecular formula is C22H28N2O7S. The van der Waals surface area contributed by atoms with Crippen molar-refractivity contribution >= 4 is 15.9 Å². The molecule has 2 aromatic rings. The minimum absolute atomic E-state index is 0.179. The van der Waals surface area contributed by atoms with Crippen LogP contribution in [0.2, 0.25) is 0 Å². The minimum Gasteiger partial charge on any atom is -0.493 e. The van der Waals surface area contributed by atoms with E-state index in [9.17, 15) is 13.2 Å². The quantitative estimate of drug-likeness (QED) is 0.605. The molecule has 1 N–H and O–H groups in total. The Labute approximate surface area is 188 Å². The van der Waals surface area contributed by atoms with E-state index in [4.69, 9.17) is 18.9 Å². The van der Waals surface area contributed by atoms with Crippen LogP contribution in [0.25, 0.3) is 0 Å². The van der Waals surface area contributed by atoms with Gasteiger partial charge in [-0.05, 0) is 48.9 Å². The van der Waals surface area contributed by atoms with Crippen molar-refractivity contribution in [3.63, 3.8) is 0 Å². The fraction of sp³-hybridized carbons (Fsp3) is 0.409. The van der Waals surface area contributed by atoms with Gasteiger partial charge in [-0.3, -0.25) is 4.79 Å². The molecule has 1 heterocycles. The molecule has 0 aromatic heterocycles. The molecule has 0 spiro atoms. The maximum atomic E-state index is 12.7. The van der Waals surface area contributed by atoms with E-state index in [0.29, 0.717) is 43.6 Å². The van der Waals surface area contributed by atoms with E-state index in [-0.39, 0.29) is 23.5 Å². The number of morpholine rings is 1. The van der Waals surface area contributed by atoms with Gasteiger partial charge < -0.3 is 24.3 Å². The first-order valence-corrected chi connectivity index (χ1v) is 11.6. The van der Waals surface area contributed by atoms with Crippen LogP contribution in [0.1, 0.15) is 18.5 Å². The van der Waals surface area contributed by atoms with Gasteiger partial charge in [0.15, 0.2) is 18.1 Å². The van der Waals surface area contributed by atoms with Gasteiger partial charge in [0.1, 0.15) is 5.75 Å². The average Bonchev–Trinajstić information content (AvgIpc) is 2.83. The Hall–Kier alpha value is -2.82. The van der Waals surface area contributed by atoms with Crippen molar-refractivity contribution in [2.75, 3.05) is 47.1 Å². The number of benzene rings is 2. The summed E-state index contributed by atoms with van der Waals surface area (Å²) < 4.78 is 47.9. The molecule has 1 saturated heterocycles. The van der Waals surface area contributed by atoms with Gasteiger partial charge in [-0.2, -0.15) is 4.31 Å². The van der Waals surface area contributed by atoms with Crippen molar-refractivity contribution < 1.29 is 32.2 Å². The van der Waals surface area contributed by atoms with Crippen molar-refractivity contribution in [2.45, 2.75) is 17.9 Å². The summed E-state index contributed by atoms with van der Waals surface area (Å²) in [5.41, 5.74) is 0.855. The number of methoxy groups -OCH3 is 2. The molecule has 0 bridgehead atoms. The largest absolute Gasteiger partial charge is 0.493 e. The Morgan fingerprint density at radius 2 is 1.72 bits per heavy atom. The van der Waals surface area contributed by atoms with Gasteiger partial charge in [0.2, 0.25) is 10.0 Å². The van der Waals surface area contributed by atoms with Crippen LogP contribution in [0, 0.1) is 0 Å². The first kappa shape index (κ1) is 23.8. The highest BCUT2D eigenvalue weighted by Crippen LogP contribution is 2.29. The summed E-state index contributed by atoms with van der Waals surface area (Å²) in [6, 6.07) is 11.2. The van der Waals surface area contributed by atoms with E-state index in [1.165, 1.54) is 16.4 Å². The second-order valence-corrected chi connectivity index (χ2v) is 9.12. The molecule has 1 amide bonds. The monoisotopic (exact) mass is 464 g/mol. The van der Waals surface area contributed by atoms with Crippen molar-refractivity contribution in [3.05, 3.63) is 48.0 Å². The van der Waals surface area contributed by atoms with Gasteiger partial charge in [0.25, 0.3) is 5.91 Å². The number of hydrogen-bond donors (Lipinski definition) is 1. The van der Waals surface area contributed by atoms with Crippen LogP contribution in [0.15, 0.2) is 47.4 Å². The van der Waals surface area contributed by atoms with Crippen molar-refractivity contribution in [1.29, 1.82) is 0 Å². The van der Waals surface area contributed by atoms with Gasteiger partial charge in [-0.1, -0.05) is 6.07 Å². The zero-order chi connectivity index (χ0) is 23.1. The number of ether oxygens (including phenoxy) is 4. The lowest BCUT2D eigenvalue weighted by atomic mass is 10.1. The highest BCUT2D eigenvalue weighted by molar-refractivity contribution is 7.89. The lowest BCUT2D eigenvalue weighted by molar-refractivity contribution is -0.123. The minimum atomic E-state index is -3.57. The zero-order valence-electron chi connectivity index (χ0n) is 18.4. The van der Waals surface area contributed by atoms with Crippen LogP contribution < -0.4 is 19.5 Å². The molecule has 174 valence electrons. The molecule has 9 nitrogen and oxygen atoms in total. The number of carbonyl (C=O) groups is 1. The predicted octanol–water partition coefficient (Wildman–Crippen LogP) is 1.98. The maximum absolute atomic E-state index is 12.7. The third kappa shape index (κ3) is 5.70. The Morgan fingerprint density at radius 1 is 1.06 bits per heavy atom. The summed E-state index contributed by atoms with van der Waals surface area (Å²) >= 11 is 0. The van der Waals surface area contributed by atoms with Gasteiger partial charge in [-0.15, -0.1) is 0 Å². The standard InChI is InChI=1S/C22H28N2O7S/c1-16(17-4-9-20(28-2)21(14-17)29-3)23-22(25)15-31-18-5-7-19(8-6-18)32(26,27)24-10-12-30-13-11-24/h4-9,14,16H,10-13,15H2,1-3H3,(H,23,25)/t16-/m1/s1. The molecule has 10 heteroatoms. The Kier molecular flexibility index (Phi) is 7.94. The number of amides is 1. The van der Waals surface area contributed by atoms with Crippen LogP contribution in [0.4, 0.5) is 0 Å². The van der Waals surface area contributed by atoms with Crippen LogP contribution >= 0.6 is 0 Å². The molecule has 1 aliphatic heterocycles. The van der Waals surface area contributed by atoms with E-state index in [1.54, 1.807) is 38.5 Å². The number of nitrogens with one attached hydrogen (secondary N) is 1. The predicted molar refractivity (Wildman–Crippen MR) is 118 cm³/mol. The van der Waals surface area contributed by atoms with Crippen molar-refractivity contribution in [3.8, 4) is 17.2 Å². The topological polar surface area (TPSA) is 103 Å². The molecule has 0 radical (unpaired) electrons. The molecule has 0 unspecified atom stereocenters. The van der Waals surface area contributed by atoms with Crippen molar-refractivity contribution in [1.82, 2.24) is 9.62 Å².